The van der Waals surface area contributed by atoms with Crippen LogP contribution in [0.2, 0.25) is 0 Å². The van der Waals surface area contributed by atoms with Crippen molar-refractivity contribution in [1.29, 1.82) is 0 Å². The first-order chi connectivity index (χ1) is 17.2. The number of rotatable bonds is 8. The number of fused-ring (bicyclic) bond motifs is 1. The van der Waals surface area contributed by atoms with Gasteiger partial charge < -0.3 is 9.88 Å². The number of hydrogen-bond donors (Lipinski definition) is 1. The zero-order valence-corrected chi connectivity index (χ0v) is 20.6. The van der Waals surface area contributed by atoms with Crippen molar-refractivity contribution in [3.63, 3.8) is 0 Å². The van der Waals surface area contributed by atoms with Crippen LogP contribution in [0.1, 0.15) is 42.4 Å². The summed E-state index contributed by atoms with van der Waals surface area (Å²) in [5, 5.41) is 4.54. The first kappa shape index (κ1) is 23.4. The molecule has 1 N–H and O–H groups in total. The van der Waals surface area contributed by atoms with Gasteiger partial charge in [0.2, 0.25) is 5.91 Å². The van der Waals surface area contributed by atoms with Gasteiger partial charge in [0.05, 0.1) is 0 Å². The van der Waals surface area contributed by atoms with E-state index in [1.807, 2.05) is 6.07 Å². The summed E-state index contributed by atoms with van der Waals surface area (Å²) in [6.45, 7) is 6.61. The van der Waals surface area contributed by atoms with Crippen LogP contribution in [-0.2, 0) is 17.9 Å². The molecule has 1 fully saturated rings. The third-order valence-electron chi connectivity index (χ3n) is 7.37. The van der Waals surface area contributed by atoms with Crippen molar-refractivity contribution in [3.05, 3.63) is 108 Å². The van der Waals surface area contributed by atoms with E-state index >= 15 is 0 Å². The van der Waals surface area contributed by atoms with E-state index in [2.05, 4.69) is 107 Å². The fourth-order valence-electron chi connectivity index (χ4n) is 5.25. The Kier molecular flexibility index (Phi) is 7.29. The predicted molar refractivity (Wildman–Crippen MR) is 143 cm³/mol. The van der Waals surface area contributed by atoms with Crippen molar-refractivity contribution in [3.8, 4) is 0 Å². The van der Waals surface area contributed by atoms with E-state index in [1.54, 1.807) is 0 Å². The van der Waals surface area contributed by atoms with Crippen molar-refractivity contribution in [2.45, 2.75) is 38.8 Å². The number of hydrogen-bond acceptors (Lipinski definition) is 2. The number of aromatic nitrogens is 1. The molecule has 4 aromatic rings. The summed E-state index contributed by atoms with van der Waals surface area (Å²) < 4.78 is 2.37. The molecule has 0 spiro atoms. The van der Waals surface area contributed by atoms with Gasteiger partial charge in [0.25, 0.3) is 0 Å². The SMILES string of the molecule is CC(CNC(=O)C1CCN(Cc2cn(Cc3ccccc3)c3ccccc23)CC1)c1ccccc1. The summed E-state index contributed by atoms with van der Waals surface area (Å²) in [4.78, 5) is 15.3. The lowest BCUT2D eigenvalue weighted by atomic mass is 9.95. The van der Waals surface area contributed by atoms with Gasteiger partial charge in [-0.15, -0.1) is 0 Å². The molecule has 4 heteroatoms. The van der Waals surface area contributed by atoms with Gasteiger partial charge in [0, 0.05) is 42.7 Å². The molecule has 1 aromatic heterocycles. The van der Waals surface area contributed by atoms with Crippen molar-refractivity contribution >= 4 is 16.8 Å². The average molecular weight is 466 g/mol. The quantitative estimate of drug-likeness (QED) is 0.356. The predicted octanol–water partition coefficient (Wildman–Crippen LogP) is 5.82. The zero-order chi connectivity index (χ0) is 24.0. The Hall–Kier alpha value is -3.37. The van der Waals surface area contributed by atoms with E-state index in [1.165, 1.54) is 27.6 Å². The summed E-state index contributed by atoms with van der Waals surface area (Å²) in [5.74, 6) is 0.661. The highest BCUT2D eigenvalue weighted by molar-refractivity contribution is 5.84. The minimum atomic E-state index is 0.119. The highest BCUT2D eigenvalue weighted by Gasteiger charge is 2.25. The third kappa shape index (κ3) is 5.66. The molecule has 5 rings (SSSR count). The number of carbonyl (C=O) groups excluding carboxylic acids is 1. The fraction of sp³-hybridized carbons (Fsp3) is 0.323. The number of nitrogens with one attached hydrogen (secondary N) is 1. The molecule has 1 aliphatic rings. The Morgan fingerprint density at radius 3 is 2.29 bits per heavy atom. The summed E-state index contributed by atoms with van der Waals surface area (Å²) in [6.07, 6.45) is 4.17. The van der Waals surface area contributed by atoms with E-state index in [9.17, 15) is 4.79 Å². The molecular formula is C31H35N3O. The number of para-hydroxylation sites is 1. The van der Waals surface area contributed by atoms with E-state index in [0.717, 1.165) is 39.0 Å². The minimum absolute atomic E-state index is 0.119. The summed E-state index contributed by atoms with van der Waals surface area (Å²) in [6, 6.07) is 29.8. The minimum Gasteiger partial charge on any atom is -0.355 e. The molecule has 1 atom stereocenters. The zero-order valence-electron chi connectivity index (χ0n) is 20.6. The number of nitrogens with zero attached hydrogens (tertiary/aromatic N) is 2. The Balaban J connectivity index is 1.17. The highest BCUT2D eigenvalue weighted by Crippen LogP contribution is 2.26. The van der Waals surface area contributed by atoms with Gasteiger partial charge in [-0.1, -0.05) is 85.8 Å². The number of amides is 1. The first-order valence-electron chi connectivity index (χ1n) is 12.8. The smallest absolute Gasteiger partial charge is 0.223 e. The second kappa shape index (κ2) is 10.9. The van der Waals surface area contributed by atoms with E-state index in [0.29, 0.717) is 12.5 Å². The van der Waals surface area contributed by atoms with E-state index < -0.39 is 0 Å². The van der Waals surface area contributed by atoms with Crippen LogP contribution in [0, 0.1) is 5.92 Å². The standard InChI is InChI=1S/C31H35N3O/c1-24(26-12-6-3-7-13-26)20-32-31(35)27-16-18-33(19-17-27)22-28-23-34(21-25-10-4-2-5-11-25)30-15-9-8-14-29(28)30/h2-15,23-24,27H,16-22H2,1H3,(H,32,35). The lowest BCUT2D eigenvalue weighted by Crippen LogP contribution is -2.41. The van der Waals surface area contributed by atoms with Crippen LogP contribution >= 0.6 is 0 Å². The summed E-state index contributed by atoms with van der Waals surface area (Å²) in [7, 11) is 0. The third-order valence-corrected chi connectivity index (χ3v) is 7.37. The van der Waals surface area contributed by atoms with Gasteiger partial charge in [0.1, 0.15) is 0 Å². The maximum absolute atomic E-state index is 12.8. The van der Waals surface area contributed by atoms with Crippen molar-refractivity contribution < 1.29 is 4.79 Å². The maximum atomic E-state index is 12.8. The molecule has 1 saturated heterocycles. The van der Waals surface area contributed by atoms with Gasteiger partial charge in [-0.05, 0) is 54.6 Å². The molecule has 0 bridgehead atoms. The first-order valence-corrected chi connectivity index (χ1v) is 12.8. The molecule has 1 amide bonds. The van der Waals surface area contributed by atoms with Gasteiger partial charge in [-0.2, -0.15) is 0 Å². The lowest BCUT2D eigenvalue weighted by molar-refractivity contribution is -0.126. The van der Waals surface area contributed by atoms with E-state index in [4.69, 9.17) is 0 Å². The number of carbonyl (C=O) groups is 1. The van der Waals surface area contributed by atoms with E-state index in [-0.39, 0.29) is 11.8 Å². The number of likely N-dealkylation sites (tertiary alicyclic amines) is 1. The molecule has 1 aliphatic heterocycles. The largest absolute Gasteiger partial charge is 0.355 e. The molecule has 0 saturated carbocycles. The monoisotopic (exact) mass is 465 g/mol. The highest BCUT2D eigenvalue weighted by atomic mass is 16.1. The molecule has 3 aromatic carbocycles. The molecule has 4 nitrogen and oxygen atoms in total. The van der Waals surface area contributed by atoms with Gasteiger partial charge >= 0.3 is 0 Å². The lowest BCUT2D eigenvalue weighted by Gasteiger charge is -2.31. The van der Waals surface area contributed by atoms with Crippen LogP contribution in [0.3, 0.4) is 0 Å². The number of benzene rings is 3. The van der Waals surface area contributed by atoms with Gasteiger partial charge in [-0.25, -0.2) is 0 Å². The van der Waals surface area contributed by atoms with Crippen LogP contribution in [0.5, 0.6) is 0 Å². The van der Waals surface area contributed by atoms with Crippen molar-refractivity contribution in [1.82, 2.24) is 14.8 Å². The van der Waals surface area contributed by atoms with Crippen molar-refractivity contribution in [2.24, 2.45) is 5.92 Å². The van der Waals surface area contributed by atoms with Crippen LogP contribution in [-0.4, -0.2) is 35.0 Å². The van der Waals surface area contributed by atoms with Crippen LogP contribution in [0.4, 0.5) is 0 Å². The molecule has 1 unspecified atom stereocenters. The van der Waals surface area contributed by atoms with Crippen LogP contribution < -0.4 is 5.32 Å². The average Bonchev–Trinajstić information content (AvgIpc) is 3.25. The topological polar surface area (TPSA) is 37.3 Å². The Morgan fingerprint density at radius 1 is 0.886 bits per heavy atom. The molecule has 180 valence electrons. The Bertz CT molecular complexity index is 1240. The van der Waals surface area contributed by atoms with Gasteiger partial charge in [0.15, 0.2) is 0 Å². The number of piperidine rings is 1. The van der Waals surface area contributed by atoms with Gasteiger partial charge in [-0.3, -0.25) is 9.69 Å². The fourth-order valence-corrected chi connectivity index (χ4v) is 5.25. The normalized spacial score (nSPS) is 15.8. The molecule has 0 aliphatic carbocycles. The van der Waals surface area contributed by atoms with Crippen LogP contribution in [0.15, 0.2) is 91.1 Å². The molecule has 35 heavy (non-hydrogen) atoms. The molecule has 2 heterocycles. The summed E-state index contributed by atoms with van der Waals surface area (Å²) in [5.41, 5.74) is 5.24. The molecule has 0 radical (unpaired) electrons. The second-order valence-electron chi connectivity index (χ2n) is 9.89. The summed E-state index contributed by atoms with van der Waals surface area (Å²) >= 11 is 0. The molecular weight excluding hydrogens is 430 g/mol. The Morgan fingerprint density at radius 2 is 1.54 bits per heavy atom. The van der Waals surface area contributed by atoms with Crippen LogP contribution in [0.25, 0.3) is 10.9 Å². The van der Waals surface area contributed by atoms with Crippen molar-refractivity contribution in [2.75, 3.05) is 19.6 Å². The second-order valence-corrected chi connectivity index (χ2v) is 9.89. The maximum Gasteiger partial charge on any atom is 0.223 e. The Labute approximate surface area is 208 Å².